The summed E-state index contributed by atoms with van der Waals surface area (Å²) < 4.78 is 13.3. The van der Waals surface area contributed by atoms with E-state index in [1.165, 1.54) is 4.88 Å². The molecule has 4 heterocycles. The highest BCUT2D eigenvalue weighted by Crippen LogP contribution is 2.28. The molecule has 3 amide bonds. The third-order valence-corrected chi connectivity index (χ3v) is 8.96. The summed E-state index contributed by atoms with van der Waals surface area (Å²) in [5.74, 6) is -0.108. The number of ether oxygens (including phenoxy) is 2. The zero-order valence-corrected chi connectivity index (χ0v) is 27.3. The van der Waals surface area contributed by atoms with E-state index in [1.54, 1.807) is 16.2 Å². The number of para-hydroxylation sites is 2. The molecule has 0 bridgehead atoms. The number of imidazole rings is 1. The van der Waals surface area contributed by atoms with Crippen LogP contribution in [0.4, 0.5) is 4.79 Å². The van der Waals surface area contributed by atoms with Crippen LogP contribution in [0.15, 0.2) is 41.8 Å². The van der Waals surface area contributed by atoms with Crippen molar-refractivity contribution in [3.8, 4) is 0 Å². The first-order chi connectivity index (χ1) is 21.0. The van der Waals surface area contributed by atoms with E-state index in [-0.39, 0.29) is 36.9 Å². The van der Waals surface area contributed by atoms with E-state index in [0.29, 0.717) is 51.6 Å². The van der Waals surface area contributed by atoms with E-state index in [9.17, 15) is 14.4 Å². The maximum absolute atomic E-state index is 14.6. The highest BCUT2D eigenvalue weighted by atomic mass is 32.1. The number of aryl methyl sites for hydroxylation is 2. The largest absolute Gasteiger partial charge is 0.444 e. The van der Waals surface area contributed by atoms with Gasteiger partial charge in [-0.1, -0.05) is 32.0 Å². The fraction of sp³-hybridized carbons (Fsp3) is 0.576. The number of thiophene rings is 1. The SMILES string of the molecule is CC(C)CN(C(=O)c1nc2ccccc2n1CCc1cccs1)C1CC(C(=O)N2CCOCC2)CN(C(=O)OC(C)(C)C)C1. The lowest BCUT2D eigenvalue weighted by Crippen LogP contribution is -2.58. The Kier molecular flexibility index (Phi) is 9.94. The maximum atomic E-state index is 14.6. The second-order valence-electron chi connectivity index (χ2n) is 13.2. The number of likely N-dealkylation sites (tertiary alicyclic amines) is 1. The molecule has 0 N–H and O–H groups in total. The minimum atomic E-state index is -0.686. The molecular weight excluding hydrogens is 578 g/mol. The van der Waals surface area contributed by atoms with Gasteiger partial charge in [0, 0.05) is 44.1 Å². The van der Waals surface area contributed by atoms with Crippen molar-refractivity contribution < 1.29 is 23.9 Å². The average molecular weight is 624 g/mol. The van der Waals surface area contributed by atoms with Gasteiger partial charge in [-0.2, -0.15) is 0 Å². The molecule has 5 rings (SSSR count). The van der Waals surface area contributed by atoms with E-state index in [4.69, 9.17) is 14.5 Å². The van der Waals surface area contributed by atoms with E-state index < -0.39 is 17.6 Å². The van der Waals surface area contributed by atoms with Crippen molar-refractivity contribution in [2.24, 2.45) is 11.8 Å². The molecule has 0 aliphatic carbocycles. The van der Waals surface area contributed by atoms with Crippen molar-refractivity contribution in [3.63, 3.8) is 0 Å². The Balaban J connectivity index is 1.48. The summed E-state index contributed by atoms with van der Waals surface area (Å²) in [5.41, 5.74) is 0.997. The molecule has 2 atom stereocenters. The van der Waals surface area contributed by atoms with E-state index >= 15 is 0 Å². The van der Waals surface area contributed by atoms with Crippen LogP contribution in [-0.4, -0.2) is 99.7 Å². The van der Waals surface area contributed by atoms with Gasteiger partial charge in [-0.25, -0.2) is 9.78 Å². The van der Waals surface area contributed by atoms with Crippen molar-refractivity contribution in [3.05, 3.63) is 52.5 Å². The highest BCUT2D eigenvalue weighted by Gasteiger charge is 2.41. The quantitative estimate of drug-likeness (QED) is 0.353. The molecule has 44 heavy (non-hydrogen) atoms. The molecule has 1 aromatic carbocycles. The van der Waals surface area contributed by atoms with Gasteiger partial charge in [0.15, 0.2) is 5.82 Å². The standard InChI is InChI=1S/C33H45N5O5S/c1-23(2)20-38(31(40)29-34-27-10-6-7-11-28(27)37(29)13-12-26-9-8-18-44-26)25-19-24(30(39)35-14-16-42-17-15-35)21-36(22-25)32(41)43-33(3,4)5/h6-11,18,23-25H,12-17,19-22H2,1-5H3. The van der Waals surface area contributed by atoms with Crippen LogP contribution < -0.4 is 0 Å². The van der Waals surface area contributed by atoms with Crippen molar-refractivity contribution in [1.29, 1.82) is 0 Å². The lowest BCUT2D eigenvalue weighted by Gasteiger charge is -2.44. The number of nitrogens with zero attached hydrogens (tertiary/aromatic N) is 5. The molecule has 2 aliphatic heterocycles. The summed E-state index contributed by atoms with van der Waals surface area (Å²) in [7, 11) is 0. The smallest absolute Gasteiger partial charge is 0.410 e. The molecule has 2 aliphatic rings. The van der Waals surface area contributed by atoms with Gasteiger partial charge in [-0.3, -0.25) is 9.59 Å². The second kappa shape index (κ2) is 13.7. The zero-order chi connectivity index (χ0) is 31.4. The third-order valence-electron chi connectivity index (χ3n) is 8.02. The number of hydrogen-bond donors (Lipinski definition) is 0. The number of amides is 3. The molecular formula is C33H45N5O5S. The van der Waals surface area contributed by atoms with Crippen LogP contribution in [0.1, 0.15) is 56.5 Å². The molecule has 2 fully saturated rings. The van der Waals surface area contributed by atoms with Gasteiger partial charge in [-0.05, 0) is 63.1 Å². The molecule has 10 nitrogen and oxygen atoms in total. The molecule has 238 valence electrons. The Hall–Kier alpha value is -3.44. The van der Waals surface area contributed by atoms with Crippen LogP contribution >= 0.6 is 11.3 Å². The van der Waals surface area contributed by atoms with Gasteiger partial charge in [0.2, 0.25) is 5.91 Å². The Morgan fingerprint density at radius 2 is 1.82 bits per heavy atom. The van der Waals surface area contributed by atoms with E-state index in [0.717, 1.165) is 17.5 Å². The Bertz CT molecular complexity index is 1440. The number of morpholine rings is 1. The first-order valence-corrected chi connectivity index (χ1v) is 16.5. The van der Waals surface area contributed by atoms with Crippen molar-refractivity contribution in [2.75, 3.05) is 45.9 Å². The van der Waals surface area contributed by atoms with Crippen LogP contribution in [0.5, 0.6) is 0 Å². The summed E-state index contributed by atoms with van der Waals surface area (Å²) in [4.78, 5) is 53.2. The summed E-state index contributed by atoms with van der Waals surface area (Å²) in [6, 6.07) is 11.6. The van der Waals surface area contributed by atoms with Crippen LogP contribution in [0, 0.1) is 11.8 Å². The van der Waals surface area contributed by atoms with Crippen molar-refractivity contribution in [2.45, 2.75) is 65.6 Å². The zero-order valence-electron chi connectivity index (χ0n) is 26.5. The molecule has 2 saturated heterocycles. The van der Waals surface area contributed by atoms with Crippen LogP contribution in [0.25, 0.3) is 11.0 Å². The normalized spacial score (nSPS) is 19.4. The molecule has 0 radical (unpaired) electrons. The highest BCUT2D eigenvalue weighted by molar-refractivity contribution is 7.09. The summed E-state index contributed by atoms with van der Waals surface area (Å²) in [6.07, 6.45) is 0.778. The molecule has 3 aromatic rings. The van der Waals surface area contributed by atoms with Gasteiger partial charge < -0.3 is 28.7 Å². The summed E-state index contributed by atoms with van der Waals surface area (Å²) in [6.45, 7) is 13.3. The average Bonchev–Trinajstić information content (AvgIpc) is 3.65. The predicted molar refractivity (Wildman–Crippen MR) is 171 cm³/mol. The maximum Gasteiger partial charge on any atom is 0.410 e. The van der Waals surface area contributed by atoms with Gasteiger partial charge in [0.25, 0.3) is 5.91 Å². The van der Waals surface area contributed by atoms with Gasteiger partial charge in [-0.15, -0.1) is 11.3 Å². The van der Waals surface area contributed by atoms with Gasteiger partial charge >= 0.3 is 6.09 Å². The van der Waals surface area contributed by atoms with Gasteiger partial charge in [0.1, 0.15) is 5.60 Å². The lowest BCUT2D eigenvalue weighted by atomic mass is 9.91. The first kappa shape index (κ1) is 32.0. The molecule has 0 saturated carbocycles. The Labute approximate surface area is 263 Å². The Morgan fingerprint density at radius 1 is 1.07 bits per heavy atom. The monoisotopic (exact) mass is 623 g/mol. The van der Waals surface area contributed by atoms with E-state index in [2.05, 4.69) is 25.3 Å². The van der Waals surface area contributed by atoms with E-state index in [1.807, 2.05) is 65.5 Å². The molecule has 2 aromatic heterocycles. The topological polar surface area (TPSA) is 97.2 Å². The first-order valence-electron chi connectivity index (χ1n) is 15.6. The van der Waals surface area contributed by atoms with Crippen molar-refractivity contribution in [1.82, 2.24) is 24.3 Å². The number of rotatable bonds is 8. The number of carbonyl (C=O) groups excluding carboxylic acids is 3. The van der Waals surface area contributed by atoms with Crippen LogP contribution in [0.3, 0.4) is 0 Å². The predicted octanol–water partition coefficient (Wildman–Crippen LogP) is 4.92. The van der Waals surface area contributed by atoms with Gasteiger partial charge in [0.05, 0.1) is 36.2 Å². The molecule has 0 spiro atoms. The number of carbonyl (C=O) groups is 3. The van der Waals surface area contributed by atoms with Crippen molar-refractivity contribution >= 4 is 40.3 Å². The number of piperidine rings is 1. The number of hydrogen-bond acceptors (Lipinski definition) is 7. The minimum Gasteiger partial charge on any atom is -0.444 e. The number of aromatic nitrogens is 2. The minimum absolute atomic E-state index is 0.00769. The van der Waals surface area contributed by atoms with Crippen LogP contribution in [0.2, 0.25) is 0 Å². The number of fused-ring (bicyclic) bond motifs is 1. The lowest BCUT2D eigenvalue weighted by molar-refractivity contribution is -0.142. The summed E-state index contributed by atoms with van der Waals surface area (Å²) in [5, 5.41) is 2.06. The number of benzene rings is 1. The molecule has 2 unspecified atom stereocenters. The summed E-state index contributed by atoms with van der Waals surface area (Å²) >= 11 is 1.70. The fourth-order valence-electron chi connectivity index (χ4n) is 6.06. The molecule has 11 heteroatoms. The van der Waals surface area contributed by atoms with Crippen LogP contribution in [-0.2, 0) is 27.2 Å². The second-order valence-corrected chi connectivity index (χ2v) is 14.2. The fourth-order valence-corrected chi connectivity index (χ4v) is 6.75. The third kappa shape index (κ3) is 7.61. The Morgan fingerprint density at radius 3 is 2.50 bits per heavy atom.